The summed E-state index contributed by atoms with van der Waals surface area (Å²) in [4.78, 5) is 36.0. The Bertz CT molecular complexity index is 1470. The molecular weight excluding hydrogens is 506 g/mol. The molecule has 10 nitrogen and oxygen atoms in total. The number of ether oxygens (including phenoxy) is 1. The summed E-state index contributed by atoms with van der Waals surface area (Å²) in [5, 5.41) is 2.85. The Hall–Kier alpha value is -4.09. The summed E-state index contributed by atoms with van der Waals surface area (Å²) in [7, 11) is 1.58. The molecule has 1 aliphatic heterocycles. The van der Waals surface area contributed by atoms with Crippen LogP contribution < -0.4 is 9.62 Å². The number of carbonyl (C=O) groups is 2. The lowest BCUT2D eigenvalue weighted by molar-refractivity contribution is -0.115. The van der Waals surface area contributed by atoms with Crippen molar-refractivity contribution < 1.29 is 22.7 Å². The molecule has 0 bridgehead atoms. The van der Waals surface area contributed by atoms with E-state index < -0.39 is 21.9 Å². The smallest absolute Gasteiger partial charge is 0.337 e. The number of carbonyl (C=O) groups excluding carboxylic acids is 2. The second-order valence-electron chi connectivity index (χ2n) is 9.10. The fourth-order valence-electron chi connectivity index (χ4n) is 4.21. The van der Waals surface area contributed by atoms with Gasteiger partial charge < -0.3 is 15.0 Å². The van der Waals surface area contributed by atoms with Gasteiger partial charge in [-0.1, -0.05) is 6.07 Å². The number of esters is 1. The van der Waals surface area contributed by atoms with Crippen LogP contribution in [-0.2, 0) is 19.6 Å². The zero-order valence-corrected chi connectivity index (χ0v) is 22.4. The molecule has 1 amide bonds. The van der Waals surface area contributed by atoms with Crippen LogP contribution in [0.4, 0.5) is 17.1 Å². The average Bonchev–Trinajstić information content (AvgIpc) is 3.21. The molecule has 0 aliphatic carbocycles. The van der Waals surface area contributed by atoms with Crippen LogP contribution in [0, 0.1) is 0 Å². The molecule has 38 heavy (non-hydrogen) atoms. The maximum absolute atomic E-state index is 13.2. The molecule has 1 N–H and O–H groups in total. The number of amides is 1. The molecule has 198 valence electrons. The fraction of sp³-hybridized carbons (Fsp3) is 0.259. The minimum Gasteiger partial charge on any atom is -0.465 e. The molecule has 3 aromatic rings. The van der Waals surface area contributed by atoms with Crippen LogP contribution in [0.5, 0.6) is 0 Å². The molecule has 0 spiro atoms. The average molecular weight is 536 g/mol. The van der Waals surface area contributed by atoms with Crippen LogP contribution in [0.15, 0.2) is 72.0 Å². The summed E-state index contributed by atoms with van der Waals surface area (Å²) < 4.78 is 31.0. The van der Waals surface area contributed by atoms with Crippen LogP contribution in [0.25, 0.3) is 0 Å². The van der Waals surface area contributed by atoms with E-state index in [1.807, 2.05) is 19.0 Å². The van der Waals surface area contributed by atoms with Crippen molar-refractivity contribution in [2.75, 3.05) is 50.2 Å². The number of aliphatic imine (C=N–C) groups is 1. The third-order valence-corrected chi connectivity index (χ3v) is 7.29. The Kier molecular flexibility index (Phi) is 7.88. The van der Waals surface area contributed by atoms with Gasteiger partial charge in [-0.15, -0.1) is 0 Å². The Labute approximate surface area is 222 Å². The maximum atomic E-state index is 13.2. The minimum atomic E-state index is -3.48. The number of fused-ring (bicyclic) bond motifs is 1. The Morgan fingerprint density at radius 3 is 2.32 bits per heavy atom. The SMILES string of the molecule is COC(=O)c1ccc2c(c1)NC(=O)C2C(=Nc1ccc(N(CCN(C)C)S(C)(=O)=O)cc1)c1ccncc1. The van der Waals surface area contributed by atoms with Gasteiger partial charge in [0, 0.05) is 36.7 Å². The van der Waals surface area contributed by atoms with Gasteiger partial charge >= 0.3 is 5.97 Å². The van der Waals surface area contributed by atoms with E-state index in [0.717, 1.165) is 0 Å². The number of nitrogens with one attached hydrogen (secondary N) is 1. The monoisotopic (exact) mass is 535 g/mol. The summed E-state index contributed by atoms with van der Waals surface area (Å²) in [5.41, 5.74) is 3.81. The number of likely N-dealkylation sites (N-methyl/N-ethyl adjacent to an activating group) is 1. The van der Waals surface area contributed by atoms with Crippen molar-refractivity contribution in [3.05, 3.63) is 83.7 Å². The summed E-state index contributed by atoms with van der Waals surface area (Å²) in [6.07, 6.45) is 4.42. The van der Waals surface area contributed by atoms with Crippen LogP contribution in [-0.4, -0.2) is 76.4 Å². The quantitative estimate of drug-likeness (QED) is 0.330. The van der Waals surface area contributed by atoms with E-state index in [2.05, 4.69) is 10.3 Å². The number of pyridine rings is 1. The maximum Gasteiger partial charge on any atom is 0.337 e. The van der Waals surface area contributed by atoms with Crippen LogP contribution >= 0.6 is 0 Å². The number of sulfonamides is 1. The van der Waals surface area contributed by atoms with Gasteiger partial charge in [-0.25, -0.2) is 13.2 Å². The standard InChI is InChI=1S/C27H29N5O5S/c1-31(2)15-16-32(38(4,35)36)21-8-6-20(7-9-21)29-25(18-11-13-28-14-12-18)24-22-10-5-19(27(34)37-3)17-23(22)30-26(24)33/h5-14,17,24H,15-16H2,1-4H3,(H,30,33). The predicted molar refractivity (Wildman–Crippen MR) is 147 cm³/mol. The van der Waals surface area contributed by atoms with Crippen molar-refractivity contribution in [3.63, 3.8) is 0 Å². The zero-order valence-electron chi connectivity index (χ0n) is 21.6. The van der Waals surface area contributed by atoms with Crippen LogP contribution in [0.1, 0.15) is 27.4 Å². The van der Waals surface area contributed by atoms with Crippen molar-refractivity contribution in [2.24, 2.45) is 4.99 Å². The Balaban J connectivity index is 1.74. The number of hydrogen-bond donors (Lipinski definition) is 1. The van der Waals surface area contributed by atoms with Gasteiger partial charge in [0.1, 0.15) is 5.92 Å². The first-order valence-corrected chi connectivity index (χ1v) is 13.7. The lowest BCUT2D eigenvalue weighted by atomic mass is 9.90. The molecule has 1 aliphatic rings. The predicted octanol–water partition coefficient (Wildman–Crippen LogP) is 3.05. The number of benzene rings is 2. The number of methoxy groups -OCH3 is 1. The molecule has 1 atom stereocenters. The van der Waals surface area contributed by atoms with Crippen LogP contribution in [0.3, 0.4) is 0 Å². The van der Waals surface area contributed by atoms with Crippen molar-refractivity contribution in [1.82, 2.24) is 9.88 Å². The van der Waals surface area contributed by atoms with Crippen molar-refractivity contribution >= 4 is 44.7 Å². The lowest BCUT2D eigenvalue weighted by Gasteiger charge is -2.24. The van der Waals surface area contributed by atoms with Gasteiger partial charge in [0.15, 0.2) is 0 Å². The number of aromatic nitrogens is 1. The molecule has 1 unspecified atom stereocenters. The third kappa shape index (κ3) is 5.90. The highest BCUT2D eigenvalue weighted by molar-refractivity contribution is 7.92. The van der Waals surface area contributed by atoms with Crippen LogP contribution in [0.2, 0.25) is 0 Å². The highest BCUT2D eigenvalue weighted by Gasteiger charge is 2.36. The zero-order chi connectivity index (χ0) is 27.4. The number of anilines is 2. The molecule has 0 saturated carbocycles. The summed E-state index contributed by atoms with van der Waals surface area (Å²) in [6, 6.07) is 15.3. The molecule has 11 heteroatoms. The van der Waals surface area contributed by atoms with Crippen molar-refractivity contribution in [2.45, 2.75) is 5.92 Å². The highest BCUT2D eigenvalue weighted by atomic mass is 32.2. The van der Waals surface area contributed by atoms with Gasteiger partial charge in [-0.05, 0) is 68.2 Å². The van der Waals surface area contributed by atoms with Crippen molar-refractivity contribution in [1.29, 1.82) is 0 Å². The van der Waals surface area contributed by atoms with E-state index in [1.54, 1.807) is 67.0 Å². The van der Waals surface area contributed by atoms with E-state index in [1.165, 1.54) is 17.7 Å². The summed E-state index contributed by atoms with van der Waals surface area (Å²) in [6.45, 7) is 0.871. The van der Waals surface area contributed by atoms with E-state index >= 15 is 0 Å². The second-order valence-corrected chi connectivity index (χ2v) is 11.0. The summed E-state index contributed by atoms with van der Waals surface area (Å²) in [5.74, 6) is -1.50. The van der Waals surface area contributed by atoms with Gasteiger partial charge in [-0.3, -0.25) is 19.1 Å². The first-order chi connectivity index (χ1) is 18.1. The first kappa shape index (κ1) is 27.0. The van der Waals surface area contributed by atoms with Gasteiger partial charge in [0.2, 0.25) is 15.9 Å². The molecule has 2 aromatic carbocycles. The molecule has 0 saturated heterocycles. The minimum absolute atomic E-state index is 0.277. The lowest BCUT2D eigenvalue weighted by Crippen LogP contribution is -2.35. The normalized spacial score (nSPS) is 15.2. The third-order valence-electron chi connectivity index (χ3n) is 6.09. The summed E-state index contributed by atoms with van der Waals surface area (Å²) >= 11 is 0. The fourth-order valence-corrected chi connectivity index (χ4v) is 5.12. The molecule has 1 aromatic heterocycles. The molecular formula is C27H29N5O5S. The molecule has 4 rings (SSSR count). The molecule has 0 fully saturated rings. The van der Waals surface area contributed by atoms with Gasteiger partial charge in [0.05, 0.1) is 36.0 Å². The topological polar surface area (TPSA) is 121 Å². The van der Waals surface area contributed by atoms with E-state index in [4.69, 9.17) is 9.73 Å². The van der Waals surface area contributed by atoms with E-state index in [-0.39, 0.29) is 5.91 Å². The first-order valence-electron chi connectivity index (χ1n) is 11.8. The number of nitrogens with zero attached hydrogens (tertiary/aromatic N) is 4. The Morgan fingerprint density at radius 1 is 1.03 bits per heavy atom. The number of rotatable bonds is 9. The molecule has 2 heterocycles. The second kappa shape index (κ2) is 11.1. The largest absolute Gasteiger partial charge is 0.465 e. The van der Waals surface area contributed by atoms with E-state index in [9.17, 15) is 18.0 Å². The Morgan fingerprint density at radius 2 is 1.71 bits per heavy atom. The van der Waals surface area contributed by atoms with E-state index in [0.29, 0.717) is 52.6 Å². The van der Waals surface area contributed by atoms with Crippen molar-refractivity contribution in [3.8, 4) is 0 Å². The number of hydrogen-bond acceptors (Lipinski definition) is 8. The van der Waals surface area contributed by atoms with Gasteiger partial charge in [-0.2, -0.15) is 0 Å². The highest BCUT2D eigenvalue weighted by Crippen LogP contribution is 2.37. The van der Waals surface area contributed by atoms with Gasteiger partial charge in [0.25, 0.3) is 0 Å². The molecule has 0 radical (unpaired) electrons.